The highest BCUT2D eigenvalue weighted by Gasteiger charge is 2.46. The molecule has 18 rings (SSSR count). The lowest BCUT2D eigenvalue weighted by atomic mass is 9.33. The molecule has 0 saturated carbocycles. The van der Waals surface area contributed by atoms with Gasteiger partial charge in [-0.05, 0) is 236 Å². The van der Waals surface area contributed by atoms with Crippen LogP contribution in [0.4, 0.5) is 51.2 Å². The van der Waals surface area contributed by atoms with Gasteiger partial charge in [0.1, 0.15) is 0 Å². The first-order valence-corrected chi connectivity index (χ1v) is 41.1. The summed E-state index contributed by atoms with van der Waals surface area (Å²) < 4.78 is 2.42. The molecule has 0 bridgehead atoms. The topological polar surface area (TPSA) is 14.7 Å². The summed E-state index contributed by atoms with van der Waals surface area (Å²) in [6.07, 6.45) is 0. The van der Waals surface area contributed by atoms with Crippen LogP contribution in [0, 0.1) is 0 Å². The van der Waals surface area contributed by atoms with Crippen molar-refractivity contribution in [2.75, 3.05) is 14.7 Å². The van der Waals surface area contributed by atoms with Gasteiger partial charge in [0.2, 0.25) is 0 Å². The Morgan fingerprint density at radius 1 is 0.235 bits per heavy atom. The van der Waals surface area contributed by atoms with Crippen LogP contribution in [-0.4, -0.2) is 11.3 Å². The van der Waals surface area contributed by atoms with Crippen LogP contribution in [-0.2, 0) is 27.1 Å². The van der Waals surface area contributed by atoms with E-state index in [4.69, 9.17) is 0 Å². The molecule has 2 aliphatic rings. The summed E-state index contributed by atoms with van der Waals surface area (Å²) in [6.45, 7) is 35.2. The largest absolute Gasteiger partial charge is 0.311 e. The molecule has 3 heterocycles. The van der Waals surface area contributed by atoms with Crippen LogP contribution in [0.5, 0.6) is 0 Å². The van der Waals surface area contributed by atoms with E-state index in [2.05, 4.69) is 463 Å². The number of para-hydroxylation sites is 3. The predicted octanol–water partition coefficient (Wildman–Crippen LogP) is 28.8. The molecule has 0 fully saturated rings. The van der Waals surface area contributed by atoms with Gasteiger partial charge in [-0.3, -0.25) is 0 Å². The third kappa shape index (κ3) is 13.7. The summed E-state index contributed by atoms with van der Waals surface area (Å²) >= 11 is 0. The van der Waals surface area contributed by atoms with Gasteiger partial charge in [-0.25, -0.2) is 0 Å². The minimum absolute atomic E-state index is 0.109. The summed E-state index contributed by atoms with van der Waals surface area (Å²) in [5.74, 6) is 0. The first-order valence-electron chi connectivity index (χ1n) is 41.1. The molecule has 564 valence electrons. The van der Waals surface area contributed by atoms with E-state index < -0.39 is 0 Å². The number of anilines is 9. The molecule has 0 aliphatic carbocycles. The number of rotatable bonds is 12. The van der Waals surface area contributed by atoms with Crippen LogP contribution in [0.25, 0.3) is 94.3 Å². The Balaban J connectivity index is 0.999. The summed E-state index contributed by atoms with van der Waals surface area (Å²) in [7, 11) is 0. The van der Waals surface area contributed by atoms with Crippen molar-refractivity contribution in [3.05, 3.63) is 368 Å². The van der Waals surface area contributed by atoms with Crippen molar-refractivity contribution in [3.63, 3.8) is 0 Å². The second-order valence-electron chi connectivity index (χ2n) is 37.1. The Bertz CT molecular complexity index is 6160. The van der Waals surface area contributed by atoms with Gasteiger partial charge in [-0.2, -0.15) is 0 Å². The van der Waals surface area contributed by atoms with Gasteiger partial charge in [0.25, 0.3) is 6.71 Å². The van der Waals surface area contributed by atoms with Crippen molar-refractivity contribution in [2.24, 2.45) is 0 Å². The Morgan fingerprint density at radius 2 is 0.583 bits per heavy atom. The van der Waals surface area contributed by atoms with E-state index in [-0.39, 0.29) is 33.8 Å². The molecule has 0 amide bonds. The minimum atomic E-state index is -0.271. The van der Waals surface area contributed by atoms with Crippen LogP contribution in [0.1, 0.15) is 132 Å². The molecule has 115 heavy (non-hydrogen) atoms. The van der Waals surface area contributed by atoms with E-state index in [0.717, 1.165) is 107 Å². The number of nitrogens with zero attached hydrogens (tertiary/aromatic N) is 4. The molecule has 0 saturated heterocycles. The average molecular weight is 1490 g/mol. The Labute approximate surface area is 681 Å². The summed E-state index contributed by atoms with van der Waals surface area (Å²) in [5, 5.41) is 2.48. The highest BCUT2D eigenvalue weighted by molar-refractivity contribution is 7.00. The molecule has 4 nitrogen and oxygen atoms in total. The van der Waals surface area contributed by atoms with Crippen LogP contribution < -0.4 is 31.1 Å². The van der Waals surface area contributed by atoms with Crippen molar-refractivity contribution in [3.8, 4) is 72.4 Å². The van der Waals surface area contributed by atoms with Gasteiger partial charge in [-0.15, -0.1) is 0 Å². The third-order valence-electron chi connectivity index (χ3n) is 24.0. The zero-order valence-electron chi connectivity index (χ0n) is 69.2. The number of hydrogen-bond acceptors (Lipinski definition) is 3. The van der Waals surface area contributed by atoms with Crippen LogP contribution in [0.15, 0.2) is 340 Å². The van der Waals surface area contributed by atoms with Crippen molar-refractivity contribution < 1.29 is 0 Å². The van der Waals surface area contributed by atoms with Gasteiger partial charge < -0.3 is 19.3 Å². The standard InChI is InChI=1S/C110H101BN4/c1-106(2,3)82-58-79(59-83(67-82)107(4,5)6)76-49-55-96-100(64-76)114(91-62-77(72-35-21-16-22-36-72)57-78(63-91)73-37-23-17-24-38-73)102-65-81(80-60-84(108(7,8)9)68-85(61-80)109(10,11)12)66-103-104(102)111(96)97-56-54-90(71-101(97)115(103)105-94(74-39-25-18-26-40-74)69-86(110(13,14)15)70-95(105)75-41-27-19-28-42-75)112(87-43-29-20-30-44-87)88-50-52-89(53-51-88)113-98-47-33-31-45-92(98)93-46-32-34-48-99(93)113/h16-71H,1-15H3. The van der Waals surface area contributed by atoms with Gasteiger partial charge in [0.15, 0.2) is 0 Å². The van der Waals surface area contributed by atoms with E-state index in [0.29, 0.717) is 0 Å². The van der Waals surface area contributed by atoms with Crippen molar-refractivity contribution in [2.45, 2.75) is 131 Å². The molecule has 0 radical (unpaired) electrons. The lowest BCUT2D eigenvalue weighted by Gasteiger charge is -2.46. The van der Waals surface area contributed by atoms with E-state index in [1.807, 2.05) is 0 Å². The first kappa shape index (κ1) is 74.0. The molecule has 5 heteroatoms. The zero-order chi connectivity index (χ0) is 79.6. The quantitative estimate of drug-likeness (QED) is 0.113. The second kappa shape index (κ2) is 28.3. The fourth-order valence-electron chi connectivity index (χ4n) is 17.6. The number of hydrogen-bond donors (Lipinski definition) is 0. The molecular formula is C110H101BN4. The second-order valence-corrected chi connectivity index (χ2v) is 37.1. The number of benzene rings is 15. The monoisotopic (exact) mass is 1490 g/mol. The molecule has 0 unspecified atom stereocenters. The number of fused-ring (bicyclic) bond motifs is 7. The van der Waals surface area contributed by atoms with Crippen LogP contribution >= 0.6 is 0 Å². The maximum Gasteiger partial charge on any atom is 0.252 e. The molecule has 1 aromatic heterocycles. The molecule has 0 spiro atoms. The highest BCUT2D eigenvalue weighted by atomic mass is 15.2. The predicted molar refractivity (Wildman–Crippen MR) is 496 cm³/mol. The van der Waals surface area contributed by atoms with Gasteiger partial charge >= 0.3 is 0 Å². The molecule has 0 N–H and O–H groups in total. The molecule has 2 aliphatic heterocycles. The van der Waals surface area contributed by atoms with Gasteiger partial charge in [0, 0.05) is 73.1 Å². The third-order valence-corrected chi connectivity index (χ3v) is 24.0. The molecule has 15 aromatic carbocycles. The van der Waals surface area contributed by atoms with E-state index in [9.17, 15) is 0 Å². The Morgan fingerprint density at radius 3 is 1.04 bits per heavy atom. The lowest BCUT2D eigenvalue weighted by Crippen LogP contribution is -2.61. The van der Waals surface area contributed by atoms with Crippen LogP contribution in [0.3, 0.4) is 0 Å². The van der Waals surface area contributed by atoms with Crippen molar-refractivity contribution in [1.82, 2.24) is 4.57 Å². The summed E-state index contributed by atoms with van der Waals surface area (Å²) in [6, 6.07) is 130. The first-order chi connectivity index (χ1) is 55.2. The summed E-state index contributed by atoms with van der Waals surface area (Å²) in [5.41, 5.74) is 36.6. The van der Waals surface area contributed by atoms with Gasteiger partial charge in [-0.1, -0.05) is 334 Å². The highest BCUT2D eigenvalue weighted by Crippen LogP contribution is 2.55. The SMILES string of the molecule is CC(C)(C)c1cc(-c2ccc3c(c2)N(c2cc(-c4ccccc4)cc(-c4ccccc4)c2)c2cc(-c4cc(C(C)(C)C)cc(C(C)(C)C)c4)cc4c2B3c2ccc(N(c3ccccc3)c3ccc(-n5c6ccccc6c6ccccc65)cc3)cc2N4c2c(-c3ccccc3)cc(C(C)(C)C)cc2-c2ccccc2)cc(C(C)(C)C)c1. The molecule has 0 atom stereocenters. The van der Waals surface area contributed by atoms with Gasteiger partial charge in [0.05, 0.1) is 16.7 Å². The minimum Gasteiger partial charge on any atom is -0.311 e. The van der Waals surface area contributed by atoms with Crippen molar-refractivity contribution in [1.29, 1.82) is 0 Å². The van der Waals surface area contributed by atoms with E-state index >= 15 is 0 Å². The van der Waals surface area contributed by atoms with Crippen molar-refractivity contribution >= 4 is 96.1 Å². The Kier molecular flexibility index (Phi) is 18.2. The fourth-order valence-corrected chi connectivity index (χ4v) is 17.6. The Hall–Kier alpha value is -12.4. The zero-order valence-corrected chi connectivity index (χ0v) is 69.2. The maximum absolute atomic E-state index is 2.74. The average Bonchev–Trinajstić information content (AvgIpc) is 1.10. The molecular weight excluding hydrogens is 1390 g/mol. The lowest BCUT2D eigenvalue weighted by molar-refractivity contribution is 0.568. The summed E-state index contributed by atoms with van der Waals surface area (Å²) in [4.78, 5) is 7.89. The maximum atomic E-state index is 2.74. The van der Waals surface area contributed by atoms with E-state index in [1.54, 1.807) is 0 Å². The normalized spacial score (nSPS) is 12.9. The smallest absolute Gasteiger partial charge is 0.252 e. The molecule has 16 aromatic rings. The number of aromatic nitrogens is 1. The fraction of sp³-hybridized carbons (Fsp3) is 0.182. The van der Waals surface area contributed by atoms with E-state index in [1.165, 1.54) is 82.7 Å². The van der Waals surface area contributed by atoms with Crippen LogP contribution in [0.2, 0.25) is 0 Å².